The number of sulfonamides is 1. The highest BCUT2D eigenvalue weighted by molar-refractivity contribution is 7.89. The van der Waals surface area contributed by atoms with Crippen LogP contribution in [-0.2, 0) is 27.7 Å². The Morgan fingerprint density at radius 1 is 1.14 bits per heavy atom. The third-order valence-corrected chi connectivity index (χ3v) is 9.04. The Morgan fingerprint density at radius 2 is 1.86 bits per heavy atom. The molecule has 0 fully saturated rings. The van der Waals surface area contributed by atoms with Gasteiger partial charge in [-0.2, -0.15) is 0 Å². The Hall–Kier alpha value is -2.27. The molecule has 0 bridgehead atoms. The zero-order valence-corrected chi connectivity index (χ0v) is 22.6. The van der Waals surface area contributed by atoms with E-state index in [0.29, 0.717) is 22.7 Å². The molecule has 1 aromatic heterocycles. The average Bonchev–Trinajstić information content (AvgIpc) is 3.19. The average molecular weight is 522 g/mol. The molecule has 1 aliphatic heterocycles. The highest BCUT2D eigenvalue weighted by atomic mass is 32.2. The van der Waals surface area contributed by atoms with Gasteiger partial charge in [0.05, 0.1) is 17.1 Å². The van der Waals surface area contributed by atoms with E-state index in [0.717, 1.165) is 55.8 Å². The predicted molar refractivity (Wildman–Crippen MR) is 139 cm³/mol. The molecule has 1 aromatic carbocycles. The Balaban J connectivity index is 1.82. The number of thiophene rings is 1. The van der Waals surface area contributed by atoms with E-state index in [1.54, 1.807) is 14.0 Å². The lowest BCUT2D eigenvalue weighted by atomic mass is 10.0. The molecule has 3 rings (SSSR count). The first kappa shape index (κ1) is 27.3. The molecule has 0 unspecified atom stereocenters. The van der Waals surface area contributed by atoms with Gasteiger partial charge in [0.15, 0.2) is 0 Å². The van der Waals surface area contributed by atoms with Gasteiger partial charge in [0.1, 0.15) is 5.00 Å². The summed E-state index contributed by atoms with van der Waals surface area (Å²) in [6.07, 6.45) is 3.46. The van der Waals surface area contributed by atoms with Crippen LogP contribution in [0.25, 0.3) is 0 Å². The summed E-state index contributed by atoms with van der Waals surface area (Å²) in [5, 5.41) is 3.36. The minimum atomic E-state index is -3.61. The second kappa shape index (κ2) is 12.1. The van der Waals surface area contributed by atoms with Crippen molar-refractivity contribution in [3.05, 3.63) is 45.8 Å². The summed E-state index contributed by atoms with van der Waals surface area (Å²) in [4.78, 5) is 29.4. The number of carbonyl (C=O) groups excluding carboxylic acids is 2. The van der Waals surface area contributed by atoms with E-state index >= 15 is 0 Å². The second-order valence-corrected chi connectivity index (χ2v) is 11.8. The first-order valence-corrected chi connectivity index (χ1v) is 14.4. The Labute approximate surface area is 212 Å². The van der Waals surface area contributed by atoms with Crippen molar-refractivity contribution in [1.82, 2.24) is 9.21 Å². The van der Waals surface area contributed by atoms with Gasteiger partial charge >= 0.3 is 5.97 Å². The Kier molecular flexibility index (Phi) is 9.46. The lowest BCUT2D eigenvalue weighted by Crippen LogP contribution is -2.30. The van der Waals surface area contributed by atoms with Crippen molar-refractivity contribution in [2.45, 2.75) is 57.9 Å². The van der Waals surface area contributed by atoms with Gasteiger partial charge in [-0.15, -0.1) is 11.3 Å². The number of fused-ring (bicyclic) bond motifs is 1. The van der Waals surface area contributed by atoms with Crippen molar-refractivity contribution in [1.29, 1.82) is 0 Å². The standard InChI is InChI=1S/C25H35N3O5S2/c1-5-8-15-27(4)35(31,32)19-11-9-18(10-12-19)23(29)26-24-22(25(30)33-7-3)20-13-16-28(14-6-2)17-21(20)34-24/h9-12H,5-8,13-17H2,1-4H3,(H,26,29). The minimum absolute atomic E-state index is 0.141. The molecule has 10 heteroatoms. The minimum Gasteiger partial charge on any atom is -0.462 e. The number of hydrogen-bond acceptors (Lipinski definition) is 7. The SMILES string of the molecule is CCCCN(C)S(=O)(=O)c1ccc(C(=O)Nc2sc3c(c2C(=O)OCC)CCN(CCC)C3)cc1. The van der Waals surface area contributed by atoms with Gasteiger partial charge < -0.3 is 10.1 Å². The number of unbranched alkanes of at least 4 members (excludes halogenated alkanes) is 1. The van der Waals surface area contributed by atoms with Crippen molar-refractivity contribution in [2.75, 3.05) is 38.6 Å². The third-order valence-electron chi connectivity index (χ3n) is 6.03. The van der Waals surface area contributed by atoms with Gasteiger partial charge in [0.25, 0.3) is 5.91 Å². The first-order valence-electron chi connectivity index (χ1n) is 12.1. The van der Waals surface area contributed by atoms with Crippen LogP contribution in [0.3, 0.4) is 0 Å². The van der Waals surface area contributed by atoms with Crippen molar-refractivity contribution in [3.8, 4) is 0 Å². The number of hydrogen-bond donors (Lipinski definition) is 1. The monoisotopic (exact) mass is 521 g/mol. The van der Waals surface area contributed by atoms with E-state index in [4.69, 9.17) is 4.74 Å². The largest absolute Gasteiger partial charge is 0.462 e. The van der Waals surface area contributed by atoms with Crippen molar-refractivity contribution < 1.29 is 22.7 Å². The second-order valence-electron chi connectivity index (χ2n) is 8.61. The topological polar surface area (TPSA) is 96.0 Å². The highest BCUT2D eigenvalue weighted by Gasteiger charge is 2.29. The van der Waals surface area contributed by atoms with E-state index in [2.05, 4.69) is 17.1 Å². The number of benzene rings is 1. The molecular weight excluding hydrogens is 486 g/mol. The summed E-state index contributed by atoms with van der Waals surface area (Å²) in [5.41, 5.74) is 1.70. The first-order chi connectivity index (χ1) is 16.7. The zero-order valence-electron chi connectivity index (χ0n) is 20.9. The van der Waals surface area contributed by atoms with Crippen LogP contribution in [0.2, 0.25) is 0 Å². The number of anilines is 1. The summed E-state index contributed by atoms with van der Waals surface area (Å²) < 4.78 is 32.1. The lowest BCUT2D eigenvalue weighted by molar-refractivity contribution is 0.0526. The fourth-order valence-electron chi connectivity index (χ4n) is 4.11. The van der Waals surface area contributed by atoms with Gasteiger partial charge in [-0.3, -0.25) is 9.69 Å². The maximum absolute atomic E-state index is 13.0. The van der Waals surface area contributed by atoms with Crippen LogP contribution in [-0.4, -0.2) is 62.8 Å². The van der Waals surface area contributed by atoms with Crippen LogP contribution in [0.5, 0.6) is 0 Å². The number of carbonyl (C=O) groups is 2. The van der Waals surface area contributed by atoms with Gasteiger partial charge in [0.2, 0.25) is 10.0 Å². The molecule has 0 spiro atoms. The number of esters is 1. The molecule has 1 amide bonds. The normalized spacial score (nSPS) is 14.1. The quantitative estimate of drug-likeness (QED) is 0.441. The van der Waals surface area contributed by atoms with Crippen LogP contribution < -0.4 is 5.32 Å². The Bertz CT molecular complexity index is 1140. The Morgan fingerprint density at radius 3 is 2.49 bits per heavy atom. The molecule has 1 aliphatic rings. The van der Waals surface area contributed by atoms with E-state index in [-0.39, 0.29) is 11.5 Å². The van der Waals surface area contributed by atoms with Crippen molar-refractivity contribution >= 4 is 38.2 Å². The smallest absolute Gasteiger partial charge is 0.341 e. The summed E-state index contributed by atoms with van der Waals surface area (Å²) in [6, 6.07) is 5.88. The molecular formula is C25H35N3O5S2. The molecule has 2 aromatic rings. The van der Waals surface area contributed by atoms with E-state index in [9.17, 15) is 18.0 Å². The molecule has 1 N–H and O–H groups in total. The lowest BCUT2D eigenvalue weighted by Gasteiger charge is -2.26. The third kappa shape index (κ3) is 6.30. The van der Waals surface area contributed by atoms with Gasteiger partial charge in [-0.1, -0.05) is 20.3 Å². The number of rotatable bonds is 11. The number of nitrogens with one attached hydrogen (secondary N) is 1. The molecule has 0 saturated heterocycles. The van der Waals surface area contributed by atoms with Crippen LogP contribution in [0.4, 0.5) is 5.00 Å². The molecule has 8 nitrogen and oxygen atoms in total. The summed E-state index contributed by atoms with van der Waals surface area (Å²) in [7, 11) is -2.05. The van der Waals surface area contributed by atoms with Crippen LogP contribution in [0.15, 0.2) is 29.2 Å². The van der Waals surface area contributed by atoms with Gasteiger partial charge in [-0.05, 0) is 62.6 Å². The predicted octanol–water partition coefficient (Wildman–Crippen LogP) is 4.37. The molecule has 0 aliphatic carbocycles. The molecule has 0 radical (unpaired) electrons. The van der Waals surface area contributed by atoms with E-state index in [1.165, 1.54) is 39.9 Å². The van der Waals surface area contributed by atoms with E-state index < -0.39 is 21.9 Å². The van der Waals surface area contributed by atoms with E-state index in [1.807, 2.05) is 6.92 Å². The van der Waals surface area contributed by atoms with Crippen LogP contribution in [0, 0.1) is 0 Å². The van der Waals surface area contributed by atoms with Gasteiger partial charge in [0, 0.05) is 37.1 Å². The molecule has 0 atom stereocenters. The maximum atomic E-state index is 13.0. The molecule has 0 saturated carbocycles. The number of nitrogens with zero attached hydrogens (tertiary/aromatic N) is 2. The van der Waals surface area contributed by atoms with Crippen molar-refractivity contribution in [2.24, 2.45) is 0 Å². The zero-order chi connectivity index (χ0) is 25.6. The fraction of sp³-hybridized carbons (Fsp3) is 0.520. The molecule has 192 valence electrons. The summed E-state index contributed by atoms with van der Waals surface area (Å²) >= 11 is 1.41. The van der Waals surface area contributed by atoms with Gasteiger partial charge in [-0.25, -0.2) is 17.5 Å². The summed E-state index contributed by atoms with van der Waals surface area (Å²) in [5.74, 6) is -0.830. The molecule has 35 heavy (non-hydrogen) atoms. The maximum Gasteiger partial charge on any atom is 0.341 e. The van der Waals surface area contributed by atoms with Crippen LogP contribution in [0.1, 0.15) is 71.2 Å². The molecule has 2 heterocycles. The summed E-state index contributed by atoms with van der Waals surface area (Å²) in [6.45, 7) is 9.18. The fourth-order valence-corrected chi connectivity index (χ4v) is 6.59. The number of ether oxygens (including phenoxy) is 1. The van der Waals surface area contributed by atoms with Crippen molar-refractivity contribution in [3.63, 3.8) is 0 Å². The number of amides is 1. The van der Waals surface area contributed by atoms with Crippen LogP contribution >= 0.6 is 11.3 Å². The highest BCUT2D eigenvalue weighted by Crippen LogP contribution is 2.38.